The first kappa shape index (κ1) is 16.7. The van der Waals surface area contributed by atoms with Crippen molar-refractivity contribution in [2.75, 3.05) is 6.54 Å². The highest BCUT2D eigenvalue weighted by Gasteiger charge is 2.13. The molecule has 1 atom stereocenters. The summed E-state index contributed by atoms with van der Waals surface area (Å²) in [6.45, 7) is 4.44. The number of halogens is 1. The van der Waals surface area contributed by atoms with E-state index in [-0.39, 0.29) is 12.5 Å². The van der Waals surface area contributed by atoms with Crippen LogP contribution < -0.4 is 5.32 Å². The van der Waals surface area contributed by atoms with Crippen LogP contribution in [0.3, 0.4) is 0 Å². The second-order valence-corrected chi connectivity index (χ2v) is 6.38. The predicted octanol–water partition coefficient (Wildman–Crippen LogP) is 4.04. The summed E-state index contributed by atoms with van der Waals surface area (Å²) in [5, 5.41) is 12.9. The van der Waals surface area contributed by atoms with E-state index in [0.717, 1.165) is 10.0 Å². The van der Waals surface area contributed by atoms with Gasteiger partial charge in [0, 0.05) is 11.0 Å². The number of aliphatic hydroxyl groups is 1. The Morgan fingerprint density at radius 2 is 1.68 bits per heavy atom. The molecule has 0 aliphatic carbocycles. The lowest BCUT2D eigenvalue weighted by Gasteiger charge is -2.14. The molecule has 0 heterocycles. The van der Waals surface area contributed by atoms with Crippen LogP contribution in [0.15, 0.2) is 53.0 Å². The van der Waals surface area contributed by atoms with E-state index < -0.39 is 6.10 Å². The van der Waals surface area contributed by atoms with Crippen LogP contribution in [0.1, 0.15) is 47.4 Å². The van der Waals surface area contributed by atoms with Gasteiger partial charge in [-0.15, -0.1) is 0 Å². The van der Waals surface area contributed by atoms with Gasteiger partial charge in [0.05, 0.1) is 11.7 Å². The molecule has 0 aliphatic rings. The fourth-order valence-electron chi connectivity index (χ4n) is 2.15. The Balaban J connectivity index is 1.96. The molecule has 2 rings (SSSR count). The topological polar surface area (TPSA) is 49.3 Å². The zero-order valence-corrected chi connectivity index (χ0v) is 14.3. The van der Waals surface area contributed by atoms with Gasteiger partial charge in [0.1, 0.15) is 0 Å². The molecule has 2 N–H and O–H groups in total. The standard InChI is InChI=1S/C18H20BrNO2/c1-12(2)13-7-9-14(10-8-13)17(21)11-20-18(22)15-5-3-4-6-16(15)19/h3-10,12,17,21H,11H2,1-2H3,(H,20,22). The maximum Gasteiger partial charge on any atom is 0.252 e. The first-order valence-corrected chi connectivity index (χ1v) is 8.09. The van der Waals surface area contributed by atoms with Gasteiger partial charge in [-0.1, -0.05) is 50.2 Å². The lowest BCUT2D eigenvalue weighted by atomic mass is 10.00. The first-order chi connectivity index (χ1) is 10.5. The van der Waals surface area contributed by atoms with Crippen molar-refractivity contribution in [1.29, 1.82) is 0 Å². The molecule has 0 aromatic heterocycles. The third kappa shape index (κ3) is 4.18. The smallest absolute Gasteiger partial charge is 0.252 e. The van der Waals surface area contributed by atoms with E-state index in [4.69, 9.17) is 0 Å². The number of carbonyl (C=O) groups is 1. The fraction of sp³-hybridized carbons (Fsp3) is 0.278. The molecule has 2 aromatic rings. The van der Waals surface area contributed by atoms with Crippen molar-refractivity contribution < 1.29 is 9.90 Å². The molecule has 116 valence electrons. The highest BCUT2D eigenvalue weighted by molar-refractivity contribution is 9.10. The summed E-state index contributed by atoms with van der Waals surface area (Å²) in [5.74, 6) is 0.256. The van der Waals surface area contributed by atoms with Gasteiger partial charge in [-0.25, -0.2) is 0 Å². The lowest BCUT2D eigenvalue weighted by molar-refractivity contribution is 0.0915. The maximum absolute atomic E-state index is 12.1. The molecule has 22 heavy (non-hydrogen) atoms. The molecular weight excluding hydrogens is 342 g/mol. The number of carbonyl (C=O) groups excluding carboxylic acids is 1. The highest BCUT2D eigenvalue weighted by atomic mass is 79.9. The van der Waals surface area contributed by atoms with E-state index >= 15 is 0 Å². The van der Waals surface area contributed by atoms with Crippen LogP contribution in [0.5, 0.6) is 0 Å². The second kappa shape index (κ2) is 7.56. The molecule has 0 saturated carbocycles. The summed E-state index contributed by atoms with van der Waals surface area (Å²) in [6.07, 6.45) is -0.715. The summed E-state index contributed by atoms with van der Waals surface area (Å²) < 4.78 is 0.739. The number of amides is 1. The highest BCUT2D eigenvalue weighted by Crippen LogP contribution is 2.19. The SMILES string of the molecule is CC(C)c1ccc(C(O)CNC(=O)c2ccccc2Br)cc1. The van der Waals surface area contributed by atoms with E-state index in [1.807, 2.05) is 36.4 Å². The van der Waals surface area contributed by atoms with Crippen molar-refractivity contribution in [2.45, 2.75) is 25.9 Å². The third-order valence-electron chi connectivity index (χ3n) is 3.56. The van der Waals surface area contributed by atoms with E-state index in [1.165, 1.54) is 5.56 Å². The largest absolute Gasteiger partial charge is 0.387 e. The number of hydrogen-bond acceptors (Lipinski definition) is 2. The summed E-state index contributed by atoms with van der Waals surface area (Å²) in [6, 6.07) is 15.1. The van der Waals surface area contributed by atoms with Crippen LogP contribution in [-0.2, 0) is 0 Å². The second-order valence-electron chi connectivity index (χ2n) is 5.53. The molecule has 0 spiro atoms. The molecule has 0 radical (unpaired) electrons. The molecular formula is C18H20BrNO2. The van der Waals surface area contributed by atoms with Crippen LogP contribution in [-0.4, -0.2) is 17.6 Å². The number of aliphatic hydroxyl groups excluding tert-OH is 1. The molecule has 1 unspecified atom stereocenters. The predicted molar refractivity (Wildman–Crippen MR) is 92.0 cm³/mol. The molecule has 3 nitrogen and oxygen atoms in total. The van der Waals surface area contributed by atoms with Gasteiger partial charge in [0.25, 0.3) is 5.91 Å². The molecule has 0 fully saturated rings. The van der Waals surface area contributed by atoms with Crippen LogP contribution in [0.2, 0.25) is 0 Å². The van der Waals surface area contributed by atoms with Gasteiger partial charge >= 0.3 is 0 Å². The van der Waals surface area contributed by atoms with Gasteiger partial charge in [-0.2, -0.15) is 0 Å². The van der Waals surface area contributed by atoms with Crippen molar-refractivity contribution in [3.05, 3.63) is 69.7 Å². The quantitative estimate of drug-likeness (QED) is 0.844. The maximum atomic E-state index is 12.1. The Bertz CT molecular complexity index is 638. The van der Waals surface area contributed by atoms with Crippen molar-refractivity contribution in [2.24, 2.45) is 0 Å². The Hall–Kier alpha value is -1.65. The number of rotatable bonds is 5. The van der Waals surface area contributed by atoms with Crippen molar-refractivity contribution in [3.63, 3.8) is 0 Å². The van der Waals surface area contributed by atoms with E-state index in [9.17, 15) is 9.90 Å². The van der Waals surface area contributed by atoms with Gasteiger partial charge in [0.2, 0.25) is 0 Å². The molecule has 0 bridgehead atoms. The zero-order valence-electron chi connectivity index (χ0n) is 12.7. The minimum absolute atomic E-state index is 0.182. The average Bonchev–Trinajstić information content (AvgIpc) is 2.52. The van der Waals surface area contributed by atoms with Crippen molar-refractivity contribution in [1.82, 2.24) is 5.32 Å². The molecule has 2 aromatic carbocycles. The Labute approximate surface area is 139 Å². The number of benzene rings is 2. The summed E-state index contributed by atoms with van der Waals surface area (Å²) in [4.78, 5) is 12.1. The first-order valence-electron chi connectivity index (χ1n) is 7.29. The molecule has 4 heteroatoms. The third-order valence-corrected chi connectivity index (χ3v) is 4.25. The van der Waals surface area contributed by atoms with E-state index in [1.54, 1.807) is 12.1 Å². The minimum Gasteiger partial charge on any atom is -0.387 e. The van der Waals surface area contributed by atoms with Gasteiger partial charge in [0.15, 0.2) is 0 Å². The lowest BCUT2D eigenvalue weighted by Crippen LogP contribution is -2.28. The average molecular weight is 362 g/mol. The minimum atomic E-state index is -0.715. The van der Waals surface area contributed by atoms with Crippen molar-refractivity contribution in [3.8, 4) is 0 Å². The summed E-state index contributed by atoms with van der Waals surface area (Å²) in [7, 11) is 0. The van der Waals surface area contributed by atoms with Gasteiger partial charge in [-0.05, 0) is 45.1 Å². The Morgan fingerprint density at radius 3 is 2.27 bits per heavy atom. The normalized spacial score (nSPS) is 12.2. The number of hydrogen-bond donors (Lipinski definition) is 2. The number of nitrogens with one attached hydrogen (secondary N) is 1. The molecule has 0 saturated heterocycles. The van der Waals surface area contributed by atoms with E-state index in [0.29, 0.717) is 11.5 Å². The Morgan fingerprint density at radius 1 is 1.09 bits per heavy atom. The van der Waals surface area contributed by atoms with Gasteiger partial charge in [-0.3, -0.25) is 4.79 Å². The molecule has 0 aliphatic heterocycles. The zero-order chi connectivity index (χ0) is 16.1. The summed E-state index contributed by atoms with van der Waals surface area (Å²) in [5.41, 5.74) is 2.59. The summed E-state index contributed by atoms with van der Waals surface area (Å²) >= 11 is 3.35. The Kier molecular flexibility index (Phi) is 5.75. The van der Waals surface area contributed by atoms with Crippen LogP contribution in [0, 0.1) is 0 Å². The van der Waals surface area contributed by atoms with E-state index in [2.05, 4.69) is 35.1 Å². The van der Waals surface area contributed by atoms with Crippen molar-refractivity contribution >= 4 is 21.8 Å². The van der Waals surface area contributed by atoms with Crippen LogP contribution in [0.25, 0.3) is 0 Å². The van der Waals surface area contributed by atoms with Gasteiger partial charge < -0.3 is 10.4 Å². The fourth-order valence-corrected chi connectivity index (χ4v) is 2.62. The van der Waals surface area contributed by atoms with Crippen LogP contribution >= 0.6 is 15.9 Å². The molecule has 1 amide bonds. The van der Waals surface area contributed by atoms with Crippen LogP contribution in [0.4, 0.5) is 0 Å². The monoisotopic (exact) mass is 361 g/mol.